The number of rotatable bonds is 3. The highest BCUT2D eigenvalue weighted by atomic mass is 16.4. The highest BCUT2D eigenvalue weighted by molar-refractivity contribution is 5.72. The Hall–Kier alpha value is -1.31. The molecular formula is C17H26O2. The zero-order valence-electron chi connectivity index (χ0n) is 13.4. The molecule has 0 aromatic heterocycles. The zero-order valence-corrected chi connectivity index (χ0v) is 13.4. The summed E-state index contributed by atoms with van der Waals surface area (Å²) in [6, 6.07) is 0. The van der Waals surface area contributed by atoms with E-state index in [1.54, 1.807) is 6.92 Å². The van der Waals surface area contributed by atoms with Gasteiger partial charge in [-0.2, -0.15) is 0 Å². The van der Waals surface area contributed by atoms with Crippen LogP contribution in [-0.4, -0.2) is 11.1 Å². The molecular weight excluding hydrogens is 236 g/mol. The average molecular weight is 262 g/mol. The summed E-state index contributed by atoms with van der Waals surface area (Å²) < 4.78 is 0. The Morgan fingerprint density at radius 1 is 0.895 bits per heavy atom. The standard InChI is InChI=1S/C17H26O2/c1-9-10(2)12(4)15(13(5)11(9)3)17(7,8)14(6)16(18)19/h14H,1-8H3,(H,18,19). The number of carbonyl (C=O) groups is 1. The molecule has 106 valence electrons. The first kappa shape index (κ1) is 15.7. The van der Waals surface area contributed by atoms with Gasteiger partial charge in [-0.25, -0.2) is 0 Å². The van der Waals surface area contributed by atoms with E-state index in [1.807, 2.05) is 13.8 Å². The van der Waals surface area contributed by atoms with Crippen LogP contribution in [-0.2, 0) is 10.2 Å². The molecule has 0 radical (unpaired) electrons. The van der Waals surface area contributed by atoms with E-state index < -0.39 is 11.9 Å². The fraction of sp³-hybridized carbons (Fsp3) is 0.588. The van der Waals surface area contributed by atoms with Gasteiger partial charge in [-0.3, -0.25) is 4.79 Å². The lowest BCUT2D eigenvalue weighted by atomic mass is 9.69. The summed E-state index contributed by atoms with van der Waals surface area (Å²) in [6.45, 7) is 16.5. The van der Waals surface area contributed by atoms with Gasteiger partial charge in [-0.05, 0) is 68.0 Å². The van der Waals surface area contributed by atoms with Crippen molar-refractivity contribution in [2.45, 2.75) is 60.8 Å². The molecule has 19 heavy (non-hydrogen) atoms. The maximum Gasteiger partial charge on any atom is 0.307 e. The van der Waals surface area contributed by atoms with E-state index in [4.69, 9.17) is 0 Å². The lowest BCUT2D eigenvalue weighted by molar-refractivity contribution is -0.143. The van der Waals surface area contributed by atoms with Gasteiger partial charge in [0.05, 0.1) is 5.92 Å². The van der Waals surface area contributed by atoms with E-state index >= 15 is 0 Å². The van der Waals surface area contributed by atoms with E-state index in [2.05, 4.69) is 34.6 Å². The van der Waals surface area contributed by atoms with Gasteiger partial charge in [0.1, 0.15) is 0 Å². The third-order valence-electron chi connectivity index (χ3n) is 5.10. The average Bonchev–Trinajstić information content (AvgIpc) is 2.32. The fourth-order valence-corrected chi connectivity index (χ4v) is 2.99. The van der Waals surface area contributed by atoms with Crippen LogP contribution in [0.3, 0.4) is 0 Å². The molecule has 0 spiro atoms. The second-order valence-corrected chi connectivity index (χ2v) is 6.28. The molecule has 0 aliphatic rings. The van der Waals surface area contributed by atoms with Crippen LogP contribution in [0.15, 0.2) is 0 Å². The van der Waals surface area contributed by atoms with Crippen LogP contribution in [0, 0.1) is 40.5 Å². The molecule has 1 rings (SSSR count). The van der Waals surface area contributed by atoms with Crippen molar-refractivity contribution in [3.05, 3.63) is 33.4 Å². The Bertz CT molecular complexity index is 496. The third-order valence-corrected chi connectivity index (χ3v) is 5.10. The monoisotopic (exact) mass is 262 g/mol. The topological polar surface area (TPSA) is 37.3 Å². The summed E-state index contributed by atoms with van der Waals surface area (Å²) in [7, 11) is 0. The second kappa shape index (κ2) is 4.99. The predicted molar refractivity (Wildman–Crippen MR) is 80.0 cm³/mol. The Balaban J connectivity index is 3.64. The third kappa shape index (κ3) is 2.41. The second-order valence-electron chi connectivity index (χ2n) is 6.28. The van der Waals surface area contributed by atoms with Gasteiger partial charge in [0, 0.05) is 5.41 Å². The molecule has 1 atom stereocenters. The number of carboxylic acid groups (broad SMARTS) is 1. The van der Waals surface area contributed by atoms with Crippen LogP contribution >= 0.6 is 0 Å². The number of hydrogen-bond donors (Lipinski definition) is 1. The van der Waals surface area contributed by atoms with Crippen LogP contribution in [0.4, 0.5) is 0 Å². The number of benzene rings is 1. The molecule has 0 bridgehead atoms. The SMILES string of the molecule is Cc1c(C)c(C)c(C(C)(C)C(C)C(=O)O)c(C)c1C. The lowest BCUT2D eigenvalue weighted by Crippen LogP contribution is -2.34. The molecule has 1 aromatic carbocycles. The molecule has 0 aliphatic heterocycles. The first-order chi connectivity index (χ1) is 8.53. The summed E-state index contributed by atoms with van der Waals surface area (Å²) in [5.74, 6) is -1.15. The quantitative estimate of drug-likeness (QED) is 0.885. The minimum absolute atomic E-state index is 0.372. The zero-order chi connectivity index (χ0) is 15.1. The normalized spacial score (nSPS) is 13.5. The summed E-state index contributed by atoms with van der Waals surface area (Å²) in [4.78, 5) is 11.4. The molecule has 1 aromatic rings. The minimum Gasteiger partial charge on any atom is -0.481 e. The molecule has 0 saturated heterocycles. The summed E-state index contributed by atoms with van der Waals surface area (Å²) >= 11 is 0. The molecule has 1 N–H and O–H groups in total. The van der Waals surface area contributed by atoms with E-state index in [-0.39, 0.29) is 5.41 Å². The van der Waals surface area contributed by atoms with Gasteiger partial charge >= 0.3 is 5.97 Å². The lowest BCUT2D eigenvalue weighted by Gasteiger charge is -2.34. The van der Waals surface area contributed by atoms with Crippen molar-refractivity contribution >= 4 is 5.97 Å². The largest absolute Gasteiger partial charge is 0.481 e. The smallest absolute Gasteiger partial charge is 0.307 e. The van der Waals surface area contributed by atoms with Crippen LogP contribution in [0.2, 0.25) is 0 Å². The van der Waals surface area contributed by atoms with Crippen LogP contribution in [0.5, 0.6) is 0 Å². The predicted octanol–water partition coefficient (Wildman–Crippen LogP) is 4.23. The van der Waals surface area contributed by atoms with Crippen molar-refractivity contribution in [3.63, 3.8) is 0 Å². The molecule has 0 aliphatic carbocycles. The maximum atomic E-state index is 11.4. The van der Waals surface area contributed by atoms with Gasteiger partial charge in [-0.15, -0.1) is 0 Å². The van der Waals surface area contributed by atoms with E-state index in [0.717, 1.165) is 0 Å². The Morgan fingerprint density at radius 3 is 1.53 bits per heavy atom. The molecule has 0 saturated carbocycles. The van der Waals surface area contributed by atoms with Crippen LogP contribution < -0.4 is 0 Å². The maximum absolute atomic E-state index is 11.4. The van der Waals surface area contributed by atoms with E-state index in [9.17, 15) is 9.90 Å². The summed E-state index contributed by atoms with van der Waals surface area (Å²) in [5.41, 5.74) is 7.17. The van der Waals surface area contributed by atoms with Gasteiger partial charge in [-0.1, -0.05) is 20.8 Å². The molecule has 1 unspecified atom stereocenters. The number of aliphatic carboxylic acids is 1. The molecule has 0 heterocycles. The summed E-state index contributed by atoms with van der Waals surface area (Å²) in [6.07, 6.45) is 0. The number of hydrogen-bond acceptors (Lipinski definition) is 1. The van der Waals surface area contributed by atoms with Crippen LogP contribution in [0.1, 0.15) is 54.2 Å². The molecule has 2 heteroatoms. The molecule has 2 nitrogen and oxygen atoms in total. The first-order valence-electron chi connectivity index (χ1n) is 6.83. The van der Waals surface area contributed by atoms with E-state index in [1.165, 1.54) is 33.4 Å². The van der Waals surface area contributed by atoms with Crippen molar-refractivity contribution < 1.29 is 9.90 Å². The molecule has 0 fully saturated rings. The minimum atomic E-state index is -0.736. The van der Waals surface area contributed by atoms with Gasteiger partial charge < -0.3 is 5.11 Å². The van der Waals surface area contributed by atoms with Crippen LogP contribution in [0.25, 0.3) is 0 Å². The van der Waals surface area contributed by atoms with E-state index in [0.29, 0.717) is 0 Å². The van der Waals surface area contributed by atoms with Crippen molar-refractivity contribution in [2.75, 3.05) is 0 Å². The first-order valence-corrected chi connectivity index (χ1v) is 6.83. The fourth-order valence-electron chi connectivity index (χ4n) is 2.99. The Kier molecular flexibility index (Phi) is 4.14. The van der Waals surface area contributed by atoms with Gasteiger partial charge in [0.25, 0.3) is 0 Å². The molecule has 0 amide bonds. The van der Waals surface area contributed by atoms with Crippen molar-refractivity contribution in [1.82, 2.24) is 0 Å². The Morgan fingerprint density at radius 2 is 1.21 bits per heavy atom. The highest BCUT2D eigenvalue weighted by Gasteiger charge is 2.36. The van der Waals surface area contributed by atoms with Crippen molar-refractivity contribution in [2.24, 2.45) is 5.92 Å². The number of carboxylic acids is 1. The Labute approximate surface area is 116 Å². The van der Waals surface area contributed by atoms with Gasteiger partial charge in [0.2, 0.25) is 0 Å². The van der Waals surface area contributed by atoms with Crippen molar-refractivity contribution in [1.29, 1.82) is 0 Å². The summed E-state index contributed by atoms with van der Waals surface area (Å²) in [5, 5.41) is 9.35. The van der Waals surface area contributed by atoms with Gasteiger partial charge in [0.15, 0.2) is 0 Å². The van der Waals surface area contributed by atoms with Crippen molar-refractivity contribution in [3.8, 4) is 0 Å². The highest BCUT2D eigenvalue weighted by Crippen LogP contribution is 2.39.